The van der Waals surface area contributed by atoms with Crippen molar-refractivity contribution in [1.29, 1.82) is 0 Å². The molecule has 3 rings (SSSR count). The monoisotopic (exact) mass is 337 g/mol. The number of benzene rings is 2. The minimum atomic E-state index is 0.380. The predicted octanol–water partition coefficient (Wildman–Crippen LogP) is 3.54. The highest BCUT2D eigenvalue weighted by Crippen LogP contribution is 2.23. The number of nitrogens with one attached hydrogen (secondary N) is 1. The van der Waals surface area contributed by atoms with Gasteiger partial charge in [-0.15, -0.1) is 0 Å². The van der Waals surface area contributed by atoms with Crippen molar-refractivity contribution in [3.05, 3.63) is 71.8 Å². The molecular formula is C22H31N3. The van der Waals surface area contributed by atoms with E-state index >= 15 is 0 Å². The lowest BCUT2D eigenvalue weighted by Crippen LogP contribution is -2.39. The van der Waals surface area contributed by atoms with Gasteiger partial charge >= 0.3 is 0 Å². The maximum absolute atomic E-state index is 3.93. The molecule has 0 aromatic heterocycles. The molecule has 25 heavy (non-hydrogen) atoms. The summed E-state index contributed by atoms with van der Waals surface area (Å²) in [5.41, 5.74) is 2.79. The lowest BCUT2D eigenvalue weighted by Gasteiger charge is -2.26. The van der Waals surface area contributed by atoms with Crippen molar-refractivity contribution in [3.63, 3.8) is 0 Å². The van der Waals surface area contributed by atoms with Crippen LogP contribution in [0.3, 0.4) is 0 Å². The van der Waals surface area contributed by atoms with Crippen LogP contribution in [-0.4, -0.2) is 49.1 Å². The highest BCUT2D eigenvalue weighted by atomic mass is 15.2. The molecule has 3 unspecified atom stereocenters. The summed E-state index contributed by atoms with van der Waals surface area (Å²) in [6.45, 7) is 5.54. The van der Waals surface area contributed by atoms with Crippen LogP contribution in [0.5, 0.6) is 0 Å². The quantitative estimate of drug-likeness (QED) is 0.834. The molecule has 134 valence electrons. The maximum atomic E-state index is 3.93. The number of rotatable bonds is 7. The Labute approximate surface area is 152 Å². The van der Waals surface area contributed by atoms with E-state index in [0.29, 0.717) is 18.1 Å². The van der Waals surface area contributed by atoms with Gasteiger partial charge in [0, 0.05) is 37.8 Å². The molecule has 0 saturated carbocycles. The largest absolute Gasteiger partial charge is 0.308 e. The Kier molecular flexibility index (Phi) is 6.24. The van der Waals surface area contributed by atoms with E-state index in [2.05, 4.69) is 96.8 Å². The second-order valence-electron chi connectivity index (χ2n) is 7.59. The summed E-state index contributed by atoms with van der Waals surface area (Å²) < 4.78 is 0. The zero-order valence-corrected chi connectivity index (χ0v) is 15.7. The van der Waals surface area contributed by atoms with Gasteiger partial charge in [-0.1, -0.05) is 60.7 Å². The van der Waals surface area contributed by atoms with Crippen LogP contribution in [0.1, 0.15) is 30.5 Å². The summed E-state index contributed by atoms with van der Waals surface area (Å²) in [4.78, 5) is 4.87. The van der Waals surface area contributed by atoms with E-state index in [1.54, 1.807) is 0 Å². The third-order valence-electron chi connectivity index (χ3n) is 5.12. The SMILES string of the molecule is CC1CC(NC(CN(C)C)c2ccccc2)CN1Cc1ccccc1. The number of hydrogen-bond acceptors (Lipinski definition) is 3. The summed E-state index contributed by atoms with van der Waals surface area (Å²) in [5.74, 6) is 0. The van der Waals surface area contributed by atoms with Crippen LogP contribution in [0, 0.1) is 0 Å². The number of likely N-dealkylation sites (N-methyl/N-ethyl adjacent to an activating group) is 1. The average Bonchev–Trinajstić information content (AvgIpc) is 2.95. The molecule has 1 heterocycles. The molecule has 1 saturated heterocycles. The highest BCUT2D eigenvalue weighted by molar-refractivity contribution is 5.20. The standard InChI is InChI=1S/C22H31N3/c1-18-14-21(16-25(18)15-19-10-6-4-7-11-19)23-22(17-24(2)3)20-12-8-5-9-13-20/h4-13,18,21-23H,14-17H2,1-3H3. The van der Waals surface area contributed by atoms with Crippen molar-refractivity contribution < 1.29 is 0 Å². The van der Waals surface area contributed by atoms with Crippen LogP contribution < -0.4 is 5.32 Å². The topological polar surface area (TPSA) is 18.5 Å². The fraction of sp³-hybridized carbons (Fsp3) is 0.455. The third kappa shape index (κ3) is 5.15. The van der Waals surface area contributed by atoms with Crippen LogP contribution in [0.2, 0.25) is 0 Å². The fourth-order valence-electron chi connectivity index (χ4n) is 3.85. The molecule has 0 amide bonds. The van der Waals surface area contributed by atoms with E-state index < -0.39 is 0 Å². The van der Waals surface area contributed by atoms with Crippen LogP contribution in [-0.2, 0) is 6.54 Å². The van der Waals surface area contributed by atoms with E-state index in [0.717, 1.165) is 19.6 Å². The summed E-state index contributed by atoms with van der Waals surface area (Å²) in [7, 11) is 4.30. The summed E-state index contributed by atoms with van der Waals surface area (Å²) in [6, 6.07) is 23.2. The van der Waals surface area contributed by atoms with Gasteiger partial charge in [0.2, 0.25) is 0 Å². The molecule has 2 aromatic rings. The Balaban J connectivity index is 1.63. The molecule has 1 fully saturated rings. The van der Waals surface area contributed by atoms with Crippen LogP contribution in [0.25, 0.3) is 0 Å². The molecule has 0 aliphatic carbocycles. The van der Waals surface area contributed by atoms with E-state index in [-0.39, 0.29) is 0 Å². The molecule has 0 bridgehead atoms. The van der Waals surface area contributed by atoms with Crippen LogP contribution in [0.15, 0.2) is 60.7 Å². The van der Waals surface area contributed by atoms with E-state index in [1.807, 2.05) is 0 Å². The molecule has 1 aliphatic heterocycles. The first kappa shape index (κ1) is 18.1. The summed E-state index contributed by atoms with van der Waals surface area (Å²) in [5, 5.41) is 3.93. The predicted molar refractivity (Wildman–Crippen MR) is 106 cm³/mol. The summed E-state index contributed by atoms with van der Waals surface area (Å²) in [6.07, 6.45) is 1.21. The third-order valence-corrected chi connectivity index (χ3v) is 5.12. The van der Waals surface area contributed by atoms with E-state index in [9.17, 15) is 0 Å². The normalized spacial score (nSPS) is 22.4. The van der Waals surface area contributed by atoms with Gasteiger partial charge in [0.05, 0.1) is 0 Å². The second-order valence-corrected chi connectivity index (χ2v) is 7.59. The van der Waals surface area contributed by atoms with Gasteiger partial charge in [-0.2, -0.15) is 0 Å². The lowest BCUT2D eigenvalue weighted by molar-refractivity contribution is 0.253. The van der Waals surface area contributed by atoms with Gasteiger partial charge in [-0.3, -0.25) is 4.90 Å². The Morgan fingerprint density at radius 2 is 1.68 bits per heavy atom. The maximum Gasteiger partial charge on any atom is 0.0451 e. The van der Waals surface area contributed by atoms with Gasteiger partial charge in [-0.05, 0) is 38.6 Å². The van der Waals surface area contributed by atoms with Gasteiger partial charge in [-0.25, -0.2) is 0 Å². The first-order chi connectivity index (χ1) is 12.1. The minimum absolute atomic E-state index is 0.380. The number of nitrogens with zero attached hydrogens (tertiary/aromatic N) is 2. The van der Waals surface area contributed by atoms with E-state index in [1.165, 1.54) is 17.5 Å². The van der Waals surface area contributed by atoms with E-state index in [4.69, 9.17) is 0 Å². The Morgan fingerprint density at radius 1 is 1.04 bits per heavy atom. The highest BCUT2D eigenvalue weighted by Gasteiger charge is 2.30. The molecule has 1 aliphatic rings. The molecule has 1 N–H and O–H groups in total. The van der Waals surface area contributed by atoms with Crippen molar-refractivity contribution in [3.8, 4) is 0 Å². The van der Waals surface area contributed by atoms with Crippen molar-refractivity contribution >= 4 is 0 Å². The van der Waals surface area contributed by atoms with Crippen molar-refractivity contribution in [2.45, 2.75) is 38.0 Å². The molecule has 3 nitrogen and oxygen atoms in total. The fourth-order valence-corrected chi connectivity index (χ4v) is 3.85. The van der Waals surface area contributed by atoms with Crippen molar-refractivity contribution in [2.75, 3.05) is 27.2 Å². The number of likely N-dealkylation sites (tertiary alicyclic amines) is 1. The Hall–Kier alpha value is -1.68. The molecular weight excluding hydrogens is 306 g/mol. The molecule has 0 radical (unpaired) electrons. The molecule has 3 heteroatoms. The second kappa shape index (κ2) is 8.61. The zero-order valence-electron chi connectivity index (χ0n) is 15.7. The Bertz CT molecular complexity index is 626. The first-order valence-corrected chi connectivity index (χ1v) is 9.35. The summed E-state index contributed by atoms with van der Waals surface area (Å²) >= 11 is 0. The lowest BCUT2D eigenvalue weighted by atomic mass is 10.0. The average molecular weight is 338 g/mol. The van der Waals surface area contributed by atoms with Crippen molar-refractivity contribution in [1.82, 2.24) is 15.1 Å². The Morgan fingerprint density at radius 3 is 2.32 bits per heavy atom. The van der Waals surface area contributed by atoms with Crippen molar-refractivity contribution in [2.24, 2.45) is 0 Å². The smallest absolute Gasteiger partial charge is 0.0451 e. The van der Waals surface area contributed by atoms with Gasteiger partial charge < -0.3 is 10.2 Å². The molecule has 0 spiro atoms. The van der Waals surface area contributed by atoms with Crippen LogP contribution in [0.4, 0.5) is 0 Å². The van der Waals surface area contributed by atoms with Gasteiger partial charge in [0.1, 0.15) is 0 Å². The van der Waals surface area contributed by atoms with Gasteiger partial charge in [0.15, 0.2) is 0 Å². The number of hydrogen-bond donors (Lipinski definition) is 1. The molecule has 3 atom stereocenters. The molecule has 2 aromatic carbocycles. The van der Waals surface area contributed by atoms with Crippen LogP contribution >= 0.6 is 0 Å². The zero-order chi connectivity index (χ0) is 17.6. The first-order valence-electron chi connectivity index (χ1n) is 9.35. The van der Waals surface area contributed by atoms with Gasteiger partial charge in [0.25, 0.3) is 0 Å². The minimum Gasteiger partial charge on any atom is -0.308 e.